The fourth-order valence-corrected chi connectivity index (χ4v) is 3.02. The van der Waals surface area contributed by atoms with Crippen molar-refractivity contribution < 1.29 is 13.5 Å². The number of hydrogen-bond acceptors (Lipinski definition) is 4. The summed E-state index contributed by atoms with van der Waals surface area (Å²) < 4.78 is 29.4. The summed E-state index contributed by atoms with van der Waals surface area (Å²) in [6.45, 7) is 3.71. The summed E-state index contributed by atoms with van der Waals surface area (Å²) in [5.41, 5.74) is 1.73. The number of hydrogen-bond donors (Lipinski definition) is 1. The fourth-order valence-electron chi connectivity index (χ4n) is 2.13. The van der Waals surface area contributed by atoms with Crippen LogP contribution in [0.25, 0.3) is 0 Å². The minimum Gasteiger partial charge on any atom is -0.434 e. The quantitative estimate of drug-likeness (QED) is 0.867. The third-order valence-corrected chi connectivity index (χ3v) is 4.24. The third-order valence-electron chi connectivity index (χ3n) is 3.17. The first-order valence-corrected chi connectivity index (χ1v) is 7.49. The van der Waals surface area contributed by atoms with Gasteiger partial charge in [0.15, 0.2) is 0 Å². The molecule has 1 aromatic heterocycles. The number of alkyl halides is 2. The van der Waals surface area contributed by atoms with Gasteiger partial charge in [-0.3, -0.25) is 0 Å². The Morgan fingerprint density at radius 2 is 2.00 bits per heavy atom. The molecule has 21 heavy (non-hydrogen) atoms. The molecule has 0 saturated carbocycles. The van der Waals surface area contributed by atoms with Crippen molar-refractivity contribution in [3.63, 3.8) is 0 Å². The van der Waals surface area contributed by atoms with E-state index < -0.39 is 6.61 Å². The lowest BCUT2D eigenvalue weighted by molar-refractivity contribution is -0.0506. The Hall–Kier alpha value is -1.53. The van der Waals surface area contributed by atoms with Gasteiger partial charge in [-0.1, -0.05) is 18.2 Å². The van der Waals surface area contributed by atoms with Crippen molar-refractivity contribution in [3.05, 3.63) is 45.4 Å². The predicted octanol–water partition coefficient (Wildman–Crippen LogP) is 4.21. The van der Waals surface area contributed by atoms with E-state index in [-0.39, 0.29) is 11.8 Å². The summed E-state index contributed by atoms with van der Waals surface area (Å²) in [6, 6.07) is 6.75. The lowest BCUT2D eigenvalue weighted by Gasteiger charge is -2.17. The van der Waals surface area contributed by atoms with Crippen molar-refractivity contribution in [1.29, 1.82) is 0 Å². The minimum atomic E-state index is -2.82. The molecule has 1 heterocycles. The molecular weight excluding hydrogens is 294 g/mol. The van der Waals surface area contributed by atoms with Crippen LogP contribution in [0.1, 0.15) is 34.1 Å². The van der Waals surface area contributed by atoms with Gasteiger partial charge in [-0.15, -0.1) is 11.3 Å². The molecule has 3 nitrogen and oxygen atoms in total. The van der Waals surface area contributed by atoms with E-state index in [1.807, 2.05) is 26.8 Å². The van der Waals surface area contributed by atoms with E-state index in [1.54, 1.807) is 29.5 Å². The molecule has 0 amide bonds. The van der Waals surface area contributed by atoms with Crippen molar-refractivity contribution in [2.24, 2.45) is 0 Å². The number of para-hydroxylation sites is 1. The molecule has 0 aliphatic carbocycles. The van der Waals surface area contributed by atoms with Crippen molar-refractivity contribution >= 4 is 11.3 Å². The van der Waals surface area contributed by atoms with Crippen LogP contribution in [-0.2, 0) is 6.54 Å². The average molecular weight is 312 g/mol. The predicted molar refractivity (Wildman–Crippen MR) is 79.9 cm³/mol. The molecular formula is C15H18F2N2OS. The standard InChI is InChI=1S/C15H18F2N2OS/c1-9(18-8-14-10(2)19-11(3)21-14)12-6-4-5-7-13(12)20-15(16)17/h4-7,9,15,18H,8H2,1-3H3. The first-order chi connectivity index (χ1) is 9.97. The lowest BCUT2D eigenvalue weighted by Crippen LogP contribution is -2.19. The molecule has 0 spiro atoms. The Bertz CT molecular complexity index is 601. The number of nitrogens with one attached hydrogen (secondary N) is 1. The number of ether oxygens (including phenoxy) is 1. The normalized spacial score (nSPS) is 12.7. The van der Waals surface area contributed by atoms with E-state index in [1.165, 1.54) is 0 Å². The van der Waals surface area contributed by atoms with Crippen LogP contribution in [0.15, 0.2) is 24.3 Å². The Kier molecular flexibility index (Phi) is 5.25. The van der Waals surface area contributed by atoms with Crippen LogP contribution in [-0.4, -0.2) is 11.6 Å². The molecule has 1 unspecified atom stereocenters. The maximum absolute atomic E-state index is 12.4. The van der Waals surface area contributed by atoms with Gasteiger partial charge in [-0.25, -0.2) is 4.98 Å². The zero-order valence-corrected chi connectivity index (χ0v) is 13.0. The van der Waals surface area contributed by atoms with E-state index in [0.29, 0.717) is 6.54 Å². The summed E-state index contributed by atoms with van der Waals surface area (Å²) in [7, 11) is 0. The molecule has 1 atom stereocenters. The number of nitrogens with zero attached hydrogens (tertiary/aromatic N) is 1. The second-order valence-corrected chi connectivity index (χ2v) is 6.05. The van der Waals surface area contributed by atoms with Crippen molar-refractivity contribution in [1.82, 2.24) is 10.3 Å². The third kappa shape index (κ3) is 4.22. The van der Waals surface area contributed by atoms with E-state index in [0.717, 1.165) is 21.1 Å². The molecule has 0 aliphatic rings. The molecule has 0 bridgehead atoms. The molecule has 0 saturated heterocycles. The van der Waals surface area contributed by atoms with Crippen molar-refractivity contribution in [2.75, 3.05) is 0 Å². The second kappa shape index (κ2) is 6.95. The van der Waals surface area contributed by atoms with Crippen LogP contribution in [0.3, 0.4) is 0 Å². The molecule has 0 fully saturated rings. The number of aryl methyl sites for hydroxylation is 2. The summed E-state index contributed by atoms with van der Waals surface area (Å²) >= 11 is 1.64. The average Bonchev–Trinajstić information content (AvgIpc) is 2.74. The molecule has 6 heteroatoms. The van der Waals surface area contributed by atoms with Gasteiger partial charge < -0.3 is 10.1 Å². The van der Waals surface area contributed by atoms with Gasteiger partial charge >= 0.3 is 6.61 Å². The van der Waals surface area contributed by atoms with E-state index in [4.69, 9.17) is 0 Å². The first-order valence-electron chi connectivity index (χ1n) is 6.67. The van der Waals surface area contributed by atoms with Crippen molar-refractivity contribution in [3.8, 4) is 5.75 Å². The topological polar surface area (TPSA) is 34.2 Å². The van der Waals surface area contributed by atoms with E-state index in [2.05, 4.69) is 15.0 Å². The van der Waals surface area contributed by atoms with Crippen LogP contribution in [0.2, 0.25) is 0 Å². The molecule has 114 valence electrons. The van der Waals surface area contributed by atoms with Gasteiger partial charge in [0.1, 0.15) is 5.75 Å². The van der Waals surface area contributed by atoms with Gasteiger partial charge in [0.25, 0.3) is 0 Å². The number of rotatable bonds is 6. The van der Waals surface area contributed by atoms with Crippen LogP contribution in [0.4, 0.5) is 8.78 Å². The highest BCUT2D eigenvalue weighted by atomic mass is 32.1. The summed E-state index contributed by atoms with van der Waals surface area (Å²) in [5.74, 6) is 0.213. The van der Waals surface area contributed by atoms with E-state index in [9.17, 15) is 8.78 Å². The van der Waals surface area contributed by atoms with Gasteiger partial charge in [0, 0.05) is 23.0 Å². The lowest BCUT2D eigenvalue weighted by atomic mass is 10.1. The highest BCUT2D eigenvalue weighted by molar-refractivity contribution is 7.11. The van der Waals surface area contributed by atoms with Gasteiger partial charge in [0.2, 0.25) is 0 Å². The monoisotopic (exact) mass is 312 g/mol. The van der Waals surface area contributed by atoms with Crippen LogP contribution in [0.5, 0.6) is 5.75 Å². The maximum Gasteiger partial charge on any atom is 0.387 e. The van der Waals surface area contributed by atoms with Crippen molar-refractivity contribution in [2.45, 2.75) is 40.0 Å². The Morgan fingerprint density at radius 1 is 1.29 bits per heavy atom. The number of aromatic nitrogens is 1. The number of thiazole rings is 1. The minimum absolute atomic E-state index is 0.0956. The highest BCUT2D eigenvalue weighted by Gasteiger charge is 2.15. The Labute approximate surface area is 127 Å². The van der Waals surface area contributed by atoms with Crippen LogP contribution in [0, 0.1) is 13.8 Å². The van der Waals surface area contributed by atoms with Gasteiger partial charge in [0.05, 0.1) is 10.7 Å². The zero-order chi connectivity index (χ0) is 15.4. The largest absolute Gasteiger partial charge is 0.434 e. The maximum atomic E-state index is 12.4. The number of halogens is 2. The van der Waals surface area contributed by atoms with Crippen LogP contribution >= 0.6 is 11.3 Å². The molecule has 2 rings (SSSR count). The molecule has 1 aromatic carbocycles. The zero-order valence-electron chi connectivity index (χ0n) is 12.2. The first kappa shape index (κ1) is 15.9. The number of benzene rings is 1. The highest BCUT2D eigenvalue weighted by Crippen LogP contribution is 2.27. The molecule has 1 N–H and O–H groups in total. The Morgan fingerprint density at radius 3 is 2.62 bits per heavy atom. The smallest absolute Gasteiger partial charge is 0.387 e. The fraction of sp³-hybridized carbons (Fsp3) is 0.400. The molecule has 0 aliphatic heterocycles. The summed E-state index contributed by atoms with van der Waals surface area (Å²) in [4.78, 5) is 5.53. The summed E-state index contributed by atoms with van der Waals surface area (Å²) in [6.07, 6.45) is 0. The molecule has 2 aromatic rings. The van der Waals surface area contributed by atoms with Crippen LogP contribution < -0.4 is 10.1 Å². The van der Waals surface area contributed by atoms with Gasteiger partial charge in [-0.05, 0) is 26.8 Å². The summed E-state index contributed by atoms with van der Waals surface area (Å²) in [5, 5.41) is 4.35. The molecule has 0 radical (unpaired) electrons. The second-order valence-electron chi connectivity index (χ2n) is 4.76. The van der Waals surface area contributed by atoms with E-state index >= 15 is 0 Å². The SMILES string of the molecule is Cc1nc(C)c(CNC(C)c2ccccc2OC(F)F)s1. The Balaban J connectivity index is 2.06. The van der Waals surface area contributed by atoms with Gasteiger partial charge in [-0.2, -0.15) is 8.78 Å².